The van der Waals surface area contributed by atoms with Crippen molar-refractivity contribution < 1.29 is 27.5 Å². The van der Waals surface area contributed by atoms with Crippen molar-refractivity contribution in [3.8, 4) is 5.75 Å². The van der Waals surface area contributed by atoms with Gasteiger partial charge in [0.1, 0.15) is 5.75 Å². The Bertz CT molecular complexity index is 1190. The van der Waals surface area contributed by atoms with Crippen molar-refractivity contribution in [1.82, 2.24) is 8.87 Å². The second-order valence-corrected chi connectivity index (χ2v) is 10.8. The molecule has 9 nitrogen and oxygen atoms in total. The highest BCUT2D eigenvalue weighted by molar-refractivity contribution is 7.89. The van der Waals surface area contributed by atoms with E-state index < -0.39 is 15.9 Å². The molecule has 2 aliphatic heterocycles. The van der Waals surface area contributed by atoms with Gasteiger partial charge in [-0.15, -0.1) is 0 Å². The predicted octanol–water partition coefficient (Wildman–Crippen LogP) is 2.43. The first-order valence-electron chi connectivity index (χ1n) is 11.6. The van der Waals surface area contributed by atoms with Gasteiger partial charge >= 0.3 is 0 Å². The molecule has 0 radical (unpaired) electrons. The standard InChI is InChI=1S/C24H31N3O6S/c1-16-12-20(17(2)27(16)14-18-6-5-11-32-18)22(28)15-33-23-8-7-19(13-21(23)24(25)29)34(30,31)26-9-3-4-10-26/h7-8,12-13,18H,3-6,9-11,14-15H2,1-2H3,(H2,25,29). The van der Waals surface area contributed by atoms with Crippen LogP contribution in [0, 0.1) is 13.8 Å². The van der Waals surface area contributed by atoms with Crippen molar-refractivity contribution in [2.75, 3.05) is 26.3 Å². The largest absolute Gasteiger partial charge is 0.485 e. The highest BCUT2D eigenvalue weighted by Crippen LogP contribution is 2.27. The monoisotopic (exact) mass is 489 g/mol. The van der Waals surface area contributed by atoms with Crippen LogP contribution in [0.5, 0.6) is 5.75 Å². The van der Waals surface area contributed by atoms with Crippen LogP contribution in [-0.4, -0.2) is 61.4 Å². The third-order valence-corrected chi connectivity index (χ3v) is 8.46. The first-order valence-corrected chi connectivity index (χ1v) is 13.0. The summed E-state index contributed by atoms with van der Waals surface area (Å²) in [4.78, 5) is 25.0. The lowest BCUT2D eigenvalue weighted by Gasteiger charge is -2.17. The van der Waals surface area contributed by atoms with Crippen molar-refractivity contribution >= 4 is 21.7 Å². The van der Waals surface area contributed by atoms with E-state index in [1.165, 1.54) is 22.5 Å². The van der Waals surface area contributed by atoms with Crippen LogP contribution in [0.1, 0.15) is 57.8 Å². The van der Waals surface area contributed by atoms with Gasteiger partial charge in [0, 0.05) is 43.2 Å². The number of rotatable bonds is 9. The van der Waals surface area contributed by atoms with Gasteiger partial charge in [0.05, 0.1) is 16.6 Å². The quantitative estimate of drug-likeness (QED) is 0.540. The number of nitrogens with two attached hydrogens (primary N) is 1. The van der Waals surface area contributed by atoms with E-state index in [-0.39, 0.29) is 34.7 Å². The number of amides is 1. The Balaban J connectivity index is 1.50. The molecule has 1 unspecified atom stereocenters. The first-order chi connectivity index (χ1) is 16.2. The van der Waals surface area contributed by atoms with Crippen molar-refractivity contribution in [1.29, 1.82) is 0 Å². The molecular formula is C24H31N3O6S. The molecule has 4 rings (SSSR count). The van der Waals surface area contributed by atoms with E-state index in [2.05, 4.69) is 4.57 Å². The van der Waals surface area contributed by atoms with Crippen LogP contribution in [-0.2, 0) is 21.3 Å². The van der Waals surface area contributed by atoms with Crippen molar-refractivity contribution in [3.63, 3.8) is 0 Å². The second-order valence-electron chi connectivity index (χ2n) is 8.88. The van der Waals surface area contributed by atoms with E-state index >= 15 is 0 Å². The zero-order chi connectivity index (χ0) is 24.5. The zero-order valence-corrected chi connectivity index (χ0v) is 20.4. The lowest BCUT2D eigenvalue weighted by atomic mass is 10.1. The number of aromatic nitrogens is 1. The molecule has 2 fully saturated rings. The van der Waals surface area contributed by atoms with Crippen molar-refractivity contribution in [2.45, 2.75) is 57.1 Å². The summed E-state index contributed by atoms with van der Waals surface area (Å²) in [5, 5.41) is 0. The molecule has 0 bridgehead atoms. The average Bonchev–Trinajstić information content (AvgIpc) is 3.57. The summed E-state index contributed by atoms with van der Waals surface area (Å²) in [6, 6.07) is 5.82. The van der Waals surface area contributed by atoms with Crippen LogP contribution >= 0.6 is 0 Å². The molecule has 2 N–H and O–H groups in total. The highest BCUT2D eigenvalue weighted by Gasteiger charge is 2.29. The molecule has 0 saturated carbocycles. The number of carbonyl (C=O) groups excluding carboxylic acids is 2. The number of nitrogens with zero attached hydrogens (tertiary/aromatic N) is 2. The van der Waals surface area contributed by atoms with E-state index in [4.69, 9.17) is 15.2 Å². The van der Waals surface area contributed by atoms with Crippen molar-refractivity contribution in [3.05, 3.63) is 46.8 Å². The van der Waals surface area contributed by atoms with Crippen molar-refractivity contribution in [2.24, 2.45) is 5.73 Å². The zero-order valence-electron chi connectivity index (χ0n) is 19.6. The molecule has 1 aromatic heterocycles. The minimum absolute atomic E-state index is 0.0143. The Morgan fingerprint density at radius 2 is 1.85 bits per heavy atom. The second kappa shape index (κ2) is 9.89. The van der Waals surface area contributed by atoms with E-state index in [9.17, 15) is 18.0 Å². The number of primary amides is 1. The number of hydrogen-bond donors (Lipinski definition) is 1. The summed E-state index contributed by atoms with van der Waals surface area (Å²) in [6.45, 7) is 5.90. The molecule has 10 heteroatoms. The van der Waals surface area contributed by atoms with Crippen LogP contribution in [0.15, 0.2) is 29.2 Å². The minimum Gasteiger partial charge on any atom is -0.485 e. The molecule has 0 spiro atoms. The summed E-state index contributed by atoms with van der Waals surface area (Å²) in [5.74, 6) is -0.985. The number of Topliss-reactive ketones (excluding diaryl/α,β-unsaturated/α-hetero) is 1. The molecule has 1 atom stereocenters. The van der Waals surface area contributed by atoms with Gasteiger partial charge in [0.15, 0.2) is 6.61 Å². The maximum atomic E-state index is 12.9. The maximum Gasteiger partial charge on any atom is 0.252 e. The van der Waals surface area contributed by atoms with E-state index in [1.54, 1.807) is 0 Å². The number of carbonyl (C=O) groups is 2. The summed E-state index contributed by atoms with van der Waals surface area (Å²) >= 11 is 0. The molecule has 184 valence electrons. The number of hydrogen-bond acceptors (Lipinski definition) is 6. The third kappa shape index (κ3) is 4.89. The average molecular weight is 490 g/mol. The minimum atomic E-state index is -3.71. The molecule has 0 aliphatic carbocycles. The normalized spacial score (nSPS) is 18.9. The Morgan fingerprint density at radius 3 is 2.50 bits per heavy atom. The molecule has 2 aromatic rings. The Hall–Kier alpha value is -2.69. The van der Waals surface area contributed by atoms with Gasteiger partial charge in [0.2, 0.25) is 15.8 Å². The van der Waals surface area contributed by atoms with Crippen LogP contribution in [0.2, 0.25) is 0 Å². The van der Waals surface area contributed by atoms with E-state index in [1.807, 2.05) is 19.9 Å². The third-order valence-electron chi connectivity index (χ3n) is 6.56. The lowest BCUT2D eigenvalue weighted by molar-refractivity contribution is 0.0907. The number of aryl methyl sites for hydroxylation is 1. The molecule has 2 saturated heterocycles. The van der Waals surface area contributed by atoms with Crippen LogP contribution < -0.4 is 10.5 Å². The van der Waals surface area contributed by atoms with Crippen LogP contribution in [0.4, 0.5) is 0 Å². The summed E-state index contributed by atoms with van der Waals surface area (Å²) in [7, 11) is -3.71. The van der Waals surface area contributed by atoms with E-state index in [0.29, 0.717) is 25.2 Å². The van der Waals surface area contributed by atoms with Gasteiger partial charge in [-0.25, -0.2) is 8.42 Å². The predicted molar refractivity (Wildman–Crippen MR) is 126 cm³/mol. The van der Waals surface area contributed by atoms with Gasteiger partial charge in [-0.2, -0.15) is 4.31 Å². The van der Waals surface area contributed by atoms with Crippen LogP contribution in [0.25, 0.3) is 0 Å². The Labute approximate surface area is 199 Å². The molecular weight excluding hydrogens is 458 g/mol. The number of sulfonamides is 1. The molecule has 3 heterocycles. The summed E-state index contributed by atoms with van der Waals surface area (Å²) in [6.07, 6.45) is 3.81. The topological polar surface area (TPSA) is 121 Å². The molecule has 2 aliphatic rings. The summed E-state index contributed by atoms with van der Waals surface area (Å²) < 4.78 is 40.5. The summed E-state index contributed by atoms with van der Waals surface area (Å²) in [5.41, 5.74) is 7.77. The van der Waals surface area contributed by atoms with E-state index in [0.717, 1.165) is 43.7 Å². The number of benzene rings is 1. The number of ether oxygens (including phenoxy) is 2. The maximum absolute atomic E-state index is 12.9. The highest BCUT2D eigenvalue weighted by atomic mass is 32.2. The Morgan fingerprint density at radius 1 is 1.12 bits per heavy atom. The molecule has 1 aromatic carbocycles. The fourth-order valence-corrected chi connectivity index (χ4v) is 6.19. The first kappa shape index (κ1) is 24.4. The smallest absolute Gasteiger partial charge is 0.252 e. The Kier molecular flexibility index (Phi) is 7.11. The molecule has 1 amide bonds. The van der Waals surface area contributed by atoms with Gasteiger partial charge in [-0.05, 0) is 63.8 Å². The van der Waals surface area contributed by atoms with Gasteiger partial charge in [0.25, 0.3) is 5.91 Å². The SMILES string of the molecule is Cc1cc(C(=O)COc2ccc(S(=O)(=O)N3CCCC3)cc2C(N)=O)c(C)n1CC1CCCO1. The fourth-order valence-electron chi connectivity index (χ4n) is 4.64. The molecule has 34 heavy (non-hydrogen) atoms. The van der Waals surface area contributed by atoms with Gasteiger partial charge < -0.3 is 19.8 Å². The van der Waals surface area contributed by atoms with Crippen LogP contribution in [0.3, 0.4) is 0 Å². The van der Waals surface area contributed by atoms with Gasteiger partial charge in [-0.3, -0.25) is 9.59 Å². The lowest BCUT2D eigenvalue weighted by Crippen LogP contribution is -2.28. The fraction of sp³-hybridized carbons (Fsp3) is 0.500. The van der Waals surface area contributed by atoms with Gasteiger partial charge in [-0.1, -0.05) is 0 Å². The number of ketones is 1.